The molecule has 0 aromatic heterocycles. The predicted octanol–water partition coefficient (Wildman–Crippen LogP) is 6.26. The zero-order valence-corrected chi connectivity index (χ0v) is 22.9. The third-order valence-electron chi connectivity index (χ3n) is 6.02. The number of aliphatic carboxylic acids is 1. The smallest absolute Gasteiger partial charge is 0.416 e. The molecule has 0 bridgehead atoms. The molecule has 226 valence electrons. The van der Waals surface area contributed by atoms with Gasteiger partial charge in [-0.3, -0.25) is 0 Å². The Balaban J connectivity index is 1.57. The monoisotopic (exact) mass is 592 g/mol. The van der Waals surface area contributed by atoms with Gasteiger partial charge in [-0.2, -0.15) is 13.2 Å². The van der Waals surface area contributed by atoms with E-state index in [9.17, 15) is 32.3 Å². The fraction of sp³-hybridized carbons (Fsp3) is 0.333. The maximum atomic E-state index is 13.1. The molecule has 1 unspecified atom stereocenters. The minimum absolute atomic E-state index is 0.106. The molecule has 0 fully saturated rings. The number of nitrogens with zero attached hydrogens (tertiary/aromatic N) is 1. The Labute approximate surface area is 240 Å². The van der Waals surface area contributed by atoms with Crippen LogP contribution in [0.4, 0.5) is 28.0 Å². The van der Waals surface area contributed by atoms with Gasteiger partial charge in [0.25, 0.3) is 0 Å². The van der Waals surface area contributed by atoms with E-state index in [0.717, 1.165) is 17.7 Å². The minimum atomic E-state index is -4.49. The molecule has 42 heavy (non-hydrogen) atoms. The van der Waals surface area contributed by atoms with Crippen LogP contribution >= 0.6 is 0 Å². The van der Waals surface area contributed by atoms with Gasteiger partial charge in [0, 0.05) is 25.3 Å². The number of carbonyl (C=O) groups is 2. The summed E-state index contributed by atoms with van der Waals surface area (Å²) in [6.45, 7) is 2.73. The van der Waals surface area contributed by atoms with E-state index in [1.807, 2.05) is 0 Å². The van der Waals surface area contributed by atoms with E-state index < -0.39 is 35.7 Å². The van der Waals surface area contributed by atoms with Gasteiger partial charge in [-0.15, -0.1) is 0 Å². The van der Waals surface area contributed by atoms with E-state index in [1.54, 1.807) is 31.2 Å². The van der Waals surface area contributed by atoms with Crippen LogP contribution in [0, 0.1) is 5.82 Å². The van der Waals surface area contributed by atoms with Crippen molar-refractivity contribution in [2.45, 2.75) is 32.0 Å². The lowest BCUT2D eigenvalue weighted by Crippen LogP contribution is -2.39. The van der Waals surface area contributed by atoms with Crippen LogP contribution in [0.3, 0.4) is 0 Å². The number of hydrogen-bond donors (Lipinski definition) is 2. The van der Waals surface area contributed by atoms with Crippen LogP contribution in [0.25, 0.3) is 0 Å². The van der Waals surface area contributed by atoms with E-state index in [2.05, 4.69) is 5.32 Å². The Morgan fingerprint density at radius 2 is 1.48 bits per heavy atom. The second-order valence-electron chi connectivity index (χ2n) is 9.13. The minimum Gasteiger partial charge on any atom is -0.494 e. The van der Waals surface area contributed by atoms with Crippen LogP contribution < -0.4 is 14.8 Å². The van der Waals surface area contributed by atoms with E-state index in [4.69, 9.17) is 14.2 Å². The number of urea groups is 1. The summed E-state index contributed by atoms with van der Waals surface area (Å²) in [6, 6.07) is 15.9. The van der Waals surface area contributed by atoms with Gasteiger partial charge in [-0.25, -0.2) is 14.0 Å². The first-order valence-electron chi connectivity index (χ1n) is 13.2. The number of hydrogen-bond acceptors (Lipinski definition) is 5. The van der Waals surface area contributed by atoms with Crippen molar-refractivity contribution in [2.75, 3.05) is 38.2 Å². The SMILES string of the molecule is CCOC(Cc1ccc(OCCN(CCCOc2ccc(F)cc2)C(=O)Nc2ccc(C(F)(F)F)cc2)cc1)C(=O)O. The van der Waals surface area contributed by atoms with E-state index in [-0.39, 0.29) is 45.0 Å². The van der Waals surface area contributed by atoms with Crippen molar-refractivity contribution >= 4 is 17.7 Å². The van der Waals surface area contributed by atoms with Crippen molar-refractivity contribution in [3.8, 4) is 11.5 Å². The summed E-state index contributed by atoms with van der Waals surface area (Å²) >= 11 is 0. The lowest BCUT2D eigenvalue weighted by molar-refractivity contribution is -0.150. The fourth-order valence-electron chi connectivity index (χ4n) is 3.86. The highest BCUT2D eigenvalue weighted by Crippen LogP contribution is 2.29. The number of rotatable bonds is 15. The second-order valence-corrected chi connectivity index (χ2v) is 9.13. The Morgan fingerprint density at radius 3 is 2.05 bits per heavy atom. The van der Waals surface area contributed by atoms with Gasteiger partial charge < -0.3 is 29.5 Å². The van der Waals surface area contributed by atoms with Crippen LogP contribution in [-0.2, 0) is 22.1 Å². The lowest BCUT2D eigenvalue weighted by Gasteiger charge is -2.23. The van der Waals surface area contributed by atoms with Crippen molar-refractivity contribution in [1.29, 1.82) is 0 Å². The first-order valence-corrected chi connectivity index (χ1v) is 13.2. The molecular weight excluding hydrogens is 560 g/mol. The molecule has 3 aromatic rings. The quantitative estimate of drug-likeness (QED) is 0.160. The van der Waals surface area contributed by atoms with E-state index in [0.29, 0.717) is 17.9 Å². The maximum absolute atomic E-state index is 13.1. The Kier molecular flexibility index (Phi) is 12.0. The molecule has 0 saturated heterocycles. The molecule has 0 aliphatic rings. The summed E-state index contributed by atoms with van der Waals surface area (Å²) in [5, 5.41) is 11.9. The molecule has 3 aromatic carbocycles. The Bertz CT molecular complexity index is 1270. The van der Waals surface area contributed by atoms with Crippen molar-refractivity contribution in [3.05, 3.63) is 89.7 Å². The molecule has 2 N–H and O–H groups in total. The van der Waals surface area contributed by atoms with E-state index in [1.165, 1.54) is 41.3 Å². The molecule has 0 aliphatic heterocycles. The summed E-state index contributed by atoms with van der Waals surface area (Å²) in [5.74, 6) is -0.461. The normalized spacial score (nSPS) is 11.9. The van der Waals surface area contributed by atoms with Gasteiger partial charge in [0.05, 0.1) is 18.7 Å². The fourth-order valence-corrected chi connectivity index (χ4v) is 3.86. The number of halogens is 4. The standard InChI is InChI=1S/C30H32F4N2O6/c1-2-40-27(28(37)38)20-21-4-12-25(13-5-21)42-19-17-36(16-3-18-41-26-14-8-23(31)9-15-26)29(39)35-24-10-6-22(7-11-24)30(32,33)34/h4-15,27H,2-3,16-20H2,1H3,(H,35,39)(H,37,38). The Hall–Kier alpha value is -4.32. The number of ether oxygens (including phenoxy) is 3. The lowest BCUT2D eigenvalue weighted by atomic mass is 10.1. The zero-order chi connectivity index (χ0) is 30.5. The van der Waals surface area contributed by atoms with Crippen LogP contribution in [-0.4, -0.2) is 61.0 Å². The highest BCUT2D eigenvalue weighted by atomic mass is 19.4. The summed E-state index contributed by atoms with van der Waals surface area (Å²) < 4.78 is 68.3. The van der Waals surface area contributed by atoms with Crippen LogP contribution in [0.5, 0.6) is 11.5 Å². The topological polar surface area (TPSA) is 97.3 Å². The number of anilines is 1. The molecule has 1 atom stereocenters. The summed E-state index contributed by atoms with van der Waals surface area (Å²) in [5.41, 5.74) is 0.122. The zero-order valence-electron chi connectivity index (χ0n) is 22.9. The molecule has 0 aliphatic carbocycles. The largest absolute Gasteiger partial charge is 0.494 e. The number of carboxylic acid groups (broad SMARTS) is 1. The number of nitrogens with one attached hydrogen (secondary N) is 1. The molecule has 8 nitrogen and oxygen atoms in total. The molecular formula is C30H32F4N2O6. The van der Waals surface area contributed by atoms with Crippen LogP contribution in [0.2, 0.25) is 0 Å². The Morgan fingerprint density at radius 1 is 0.881 bits per heavy atom. The third-order valence-corrected chi connectivity index (χ3v) is 6.02. The molecule has 12 heteroatoms. The molecule has 3 rings (SSSR count). The number of carboxylic acids is 1. The average Bonchev–Trinajstić information content (AvgIpc) is 2.95. The first-order chi connectivity index (χ1) is 20.0. The van der Waals surface area contributed by atoms with Gasteiger partial charge >= 0.3 is 18.2 Å². The molecule has 2 amide bonds. The molecule has 0 radical (unpaired) electrons. The van der Waals surface area contributed by atoms with Crippen molar-refractivity contribution in [3.63, 3.8) is 0 Å². The van der Waals surface area contributed by atoms with Crippen LogP contribution in [0.15, 0.2) is 72.8 Å². The van der Waals surface area contributed by atoms with Gasteiger partial charge in [0.15, 0.2) is 6.10 Å². The van der Waals surface area contributed by atoms with Crippen molar-refractivity contribution in [1.82, 2.24) is 4.90 Å². The highest BCUT2D eigenvalue weighted by molar-refractivity contribution is 5.89. The number of alkyl halides is 3. The summed E-state index contributed by atoms with van der Waals surface area (Å²) in [6.07, 6.45) is -4.83. The molecule has 0 heterocycles. The van der Waals surface area contributed by atoms with Crippen molar-refractivity contribution < 1.29 is 46.5 Å². The van der Waals surface area contributed by atoms with Gasteiger partial charge in [-0.1, -0.05) is 12.1 Å². The van der Waals surface area contributed by atoms with Crippen molar-refractivity contribution in [2.24, 2.45) is 0 Å². The van der Waals surface area contributed by atoms with Gasteiger partial charge in [0.2, 0.25) is 0 Å². The van der Waals surface area contributed by atoms with E-state index >= 15 is 0 Å². The first kappa shape index (κ1) is 32.2. The number of benzene rings is 3. The molecule has 0 spiro atoms. The summed E-state index contributed by atoms with van der Waals surface area (Å²) in [7, 11) is 0. The van der Waals surface area contributed by atoms with Gasteiger partial charge in [-0.05, 0) is 79.6 Å². The maximum Gasteiger partial charge on any atom is 0.416 e. The number of carbonyl (C=O) groups excluding carboxylic acids is 1. The third kappa shape index (κ3) is 10.6. The second kappa shape index (κ2) is 15.6. The summed E-state index contributed by atoms with van der Waals surface area (Å²) in [4.78, 5) is 25.7. The van der Waals surface area contributed by atoms with Gasteiger partial charge in [0.1, 0.15) is 23.9 Å². The highest BCUT2D eigenvalue weighted by Gasteiger charge is 2.30. The molecule has 0 saturated carbocycles. The average molecular weight is 593 g/mol. The number of amides is 2. The predicted molar refractivity (Wildman–Crippen MR) is 147 cm³/mol. The van der Waals surface area contributed by atoms with Crippen LogP contribution in [0.1, 0.15) is 24.5 Å².